The van der Waals surface area contributed by atoms with Crippen LogP contribution in [0.1, 0.15) is 29.0 Å². The Morgan fingerprint density at radius 3 is 2.39 bits per heavy atom. The molecule has 0 saturated heterocycles. The van der Waals surface area contributed by atoms with Gasteiger partial charge in [0.1, 0.15) is 5.76 Å². The lowest BCUT2D eigenvalue weighted by atomic mass is 9.85. The molecule has 0 aliphatic carbocycles. The molecule has 0 saturated carbocycles. The summed E-state index contributed by atoms with van der Waals surface area (Å²) in [5, 5.41) is 16.7. The second kappa shape index (κ2) is 10.1. The fourth-order valence-electron chi connectivity index (χ4n) is 3.63. The first-order chi connectivity index (χ1) is 16.1. The number of para-hydroxylation sites is 1. The standard InChI is InChI=1S/C26H21N3O3S/c1-17-23(25(31)29-19-11-6-3-7-12-19)24(22-13-8-14-32-22)20(15-27)26(28-17)33-16-21(30)18-9-4-2-5-10-18/h2-14,24,28H,16H2,1H3,(H,29,31). The highest BCUT2D eigenvalue weighted by Gasteiger charge is 2.36. The van der Waals surface area contributed by atoms with Crippen LogP contribution in [0.4, 0.5) is 5.69 Å². The van der Waals surface area contributed by atoms with Crippen molar-refractivity contribution in [2.45, 2.75) is 12.8 Å². The molecule has 1 aliphatic heterocycles. The smallest absolute Gasteiger partial charge is 0.254 e. The number of carbonyl (C=O) groups is 2. The molecule has 1 aliphatic rings. The number of ketones is 1. The summed E-state index contributed by atoms with van der Waals surface area (Å²) in [6, 6.07) is 23.8. The SMILES string of the molecule is CC1=C(C(=O)Nc2ccccc2)C(c2ccco2)C(C#N)=C(SCC(=O)c2ccccc2)N1. The Kier molecular flexibility index (Phi) is 6.77. The number of nitrogens with zero attached hydrogens (tertiary/aromatic N) is 1. The molecule has 33 heavy (non-hydrogen) atoms. The van der Waals surface area contributed by atoms with Gasteiger partial charge in [-0.1, -0.05) is 60.3 Å². The number of thioether (sulfide) groups is 1. The number of carbonyl (C=O) groups excluding carboxylic acids is 2. The van der Waals surface area contributed by atoms with E-state index in [1.807, 2.05) is 36.4 Å². The number of nitriles is 1. The molecule has 7 heteroatoms. The summed E-state index contributed by atoms with van der Waals surface area (Å²) in [6.45, 7) is 1.78. The monoisotopic (exact) mass is 455 g/mol. The van der Waals surface area contributed by atoms with E-state index in [1.165, 1.54) is 18.0 Å². The maximum Gasteiger partial charge on any atom is 0.254 e. The minimum absolute atomic E-state index is 0.0454. The average Bonchev–Trinajstić information content (AvgIpc) is 3.37. The van der Waals surface area contributed by atoms with Crippen molar-refractivity contribution in [3.05, 3.63) is 112 Å². The fraction of sp³-hybridized carbons (Fsp3) is 0.115. The molecule has 6 nitrogen and oxygen atoms in total. The van der Waals surface area contributed by atoms with Crippen LogP contribution in [-0.2, 0) is 4.79 Å². The summed E-state index contributed by atoms with van der Waals surface area (Å²) >= 11 is 1.24. The van der Waals surface area contributed by atoms with Gasteiger partial charge in [-0.05, 0) is 31.2 Å². The van der Waals surface area contributed by atoms with Crippen LogP contribution in [0.5, 0.6) is 0 Å². The maximum atomic E-state index is 13.3. The molecular formula is C26H21N3O3S. The molecule has 0 fully saturated rings. The number of allylic oxidation sites excluding steroid dienone is 2. The van der Waals surface area contributed by atoms with Crippen molar-refractivity contribution in [1.29, 1.82) is 5.26 Å². The van der Waals surface area contributed by atoms with Gasteiger partial charge in [0.15, 0.2) is 5.78 Å². The molecule has 2 heterocycles. The minimum atomic E-state index is -0.690. The van der Waals surface area contributed by atoms with Crippen molar-refractivity contribution in [1.82, 2.24) is 5.32 Å². The number of rotatable bonds is 7. The van der Waals surface area contributed by atoms with Crippen LogP contribution in [0.3, 0.4) is 0 Å². The van der Waals surface area contributed by atoms with Crippen molar-refractivity contribution < 1.29 is 14.0 Å². The third-order valence-corrected chi connectivity index (χ3v) is 6.21. The van der Waals surface area contributed by atoms with Crippen LogP contribution in [0.15, 0.2) is 105 Å². The molecule has 2 aromatic carbocycles. The number of Topliss-reactive ketones (excluding diaryl/α,β-unsaturated/α-hetero) is 1. The van der Waals surface area contributed by atoms with Crippen molar-refractivity contribution in [3.8, 4) is 6.07 Å². The number of anilines is 1. The van der Waals surface area contributed by atoms with Crippen molar-refractivity contribution in [2.24, 2.45) is 0 Å². The third-order valence-electron chi connectivity index (χ3n) is 5.19. The van der Waals surface area contributed by atoms with E-state index >= 15 is 0 Å². The molecule has 164 valence electrons. The number of nitrogens with one attached hydrogen (secondary N) is 2. The Balaban J connectivity index is 1.64. The highest BCUT2D eigenvalue weighted by Crippen LogP contribution is 2.41. The third kappa shape index (κ3) is 4.92. The molecular weight excluding hydrogens is 434 g/mol. The van der Waals surface area contributed by atoms with Crippen LogP contribution in [0.25, 0.3) is 0 Å². The molecule has 0 spiro atoms. The minimum Gasteiger partial charge on any atom is -0.468 e. The second-order valence-corrected chi connectivity index (χ2v) is 8.35. The first-order valence-corrected chi connectivity index (χ1v) is 11.3. The van der Waals surface area contributed by atoms with Crippen LogP contribution in [-0.4, -0.2) is 17.4 Å². The molecule has 2 N–H and O–H groups in total. The average molecular weight is 456 g/mol. The van der Waals surface area contributed by atoms with Crippen molar-refractivity contribution >= 4 is 29.1 Å². The molecule has 1 atom stereocenters. The Morgan fingerprint density at radius 1 is 1.06 bits per heavy atom. The van der Waals surface area contributed by atoms with E-state index in [0.29, 0.717) is 38.9 Å². The first kappa shape index (κ1) is 22.2. The fourth-order valence-corrected chi connectivity index (χ4v) is 4.62. The lowest BCUT2D eigenvalue weighted by Gasteiger charge is -2.28. The van der Waals surface area contributed by atoms with Crippen molar-refractivity contribution in [2.75, 3.05) is 11.1 Å². The Morgan fingerprint density at radius 2 is 1.76 bits per heavy atom. The number of dihydropyridines is 1. The van der Waals surface area contributed by atoms with Gasteiger partial charge in [-0.3, -0.25) is 9.59 Å². The molecule has 1 aromatic heterocycles. The maximum absolute atomic E-state index is 13.3. The van der Waals surface area contributed by atoms with E-state index < -0.39 is 5.92 Å². The van der Waals surface area contributed by atoms with Gasteiger partial charge in [-0.2, -0.15) is 5.26 Å². The van der Waals surface area contributed by atoms with Gasteiger partial charge >= 0.3 is 0 Å². The molecule has 0 radical (unpaired) electrons. The predicted octanol–water partition coefficient (Wildman–Crippen LogP) is 5.23. The number of hydrogen-bond acceptors (Lipinski definition) is 6. The zero-order valence-electron chi connectivity index (χ0n) is 17.9. The number of amides is 1. The number of benzene rings is 2. The van der Waals surface area contributed by atoms with Crippen LogP contribution in [0, 0.1) is 11.3 Å². The first-order valence-electron chi connectivity index (χ1n) is 10.3. The van der Waals surface area contributed by atoms with E-state index in [0.717, 1.165) is 0 Å². The van der Waals surface area contributed by atoms with Gasteiger partial charge in [0, 0.05) is 16.9 Å². The molecule has 3 aromatic rings. The van der Waals surface area contributed by atoms with Crippen LogP contribution in [0.2, 0.25) is 0 Å². The zero-order chi connectivity index (χ0) is 23.2. The van der Waals surface area contributed by atoms with Crippen molar-refractivity contribution in [3.63, 3.8) is 0 Å². The van der Waals surface area contributed by atoms with E-state index in [9.17, 15) is 14.9 Å². The highest BCUT2D eigenvalue weighted by molar-refractivity contribution is 8.03. The topological polar surface area (TPSA) is 95.1 Å². The lowest BCUT2D eigenvalue weighted by molar-refractivity contribution is -0.113. The Bertz CT molecular complexity index is 1260. The van der Waals surface area contributed by atoms with Gasteiger partial charge in [-0.25, -0.2) is 0 Å². The van der Waals surface area contributed by atoms with Gasteiger partial charge in [0.2, 0.25) is 0 Å². The number of hydrogen-bond donors (Lipinski definition) is 2. The largest absolute Gasteiger partial charge is 0.468 e. The van der Waals surface area contributed by atoms with Gasteiger partial charge < -0.3 is 15.1 Å². The van der Waals surface area contributed by atoms with E-state index in [1.54, 1.807) is 43.3 Å². The summed E-state index contributed by atoms with van der Waals surface area (Å²) < 4.78 is 5.62. The Hall–Kier alpha value is -4.02. The predicted molar refractivity (Wildman–Crippen MR) is 128 cm³/mol. The van der Waals surface area contributed by atoms with Gasteiger partial charge in [-0.15, -0.1) is 0 Å². The normalized spacial score (nSPS) is 15.6. The summed E-state index contributed by atoms with van der Waals surface area (Å²) in [7, 11) is 0. The summed E-state index contributed by atoms with van der Waals surface area (Å²) in [4.78, 5) is 25.9. The lowest BCUT2D eigenvalue weighted by Crippen LogP contribution is -2.30. The zero-order valence-corrected chi connectivity index (χ0v) is 18.7. The van der Waals surface area contributed by atoms with Crippen LogP contribution < -0.4 is 10.6 Å². The van der Waals surface area contributed by atoms with E-state index in [4.69, 9.17) is 4.42 Å². The summed E-state index contributed by atoms with van der Waals surface area (Å²) in [6.07, 6.45) is 1.51. The summed E-state index contributed by atoms with van der Waals surface area (Å²) in [5.41, 5.74) is 2.58. The Labute approximate surface area is 196 Å². The molecule has 4 rings (SSSR count). The highest BCUT2D eigenvalue weighted by atomic mass is 32.2. The molecule has 1 unspecified atom stereocenters. The number of furan rings is 1. The quantitative estimate of drug-likeness (QED) is 0.474. The van der Waals surface area contributed by atoms with Gasteiger partial charge in [0.25, 0.3) is 5.91 Å². The molecule has 0 bridgehead atoms. The summed E-state index contributed by atoms with van der Waals surface area (Å²) in [5.74, 6) is -0.426. The van der Waals surface area contributed by atoms with E-state index in [-0.39, 0.29) is 17.4 Å². The van der Waals surface area contributed by atoms with Gasteiger partial charge in [0.05, 0.1) is 40.2 Å². The second-order valence-electron chi connectivity index (χ2n) is 7.36. The van der Waals surface area contributed by atoms with Crippen LogP contribution >= 0.6 is 11.8 Å². The van der Waals surface area contributed by atoms with E-state index in [2.05, 4.69) is 16.7 Å². The molecule has 1 amide bonds.